The molecule has 1 saturated carbocycles. The van der Waals surface area contributed by atoms with Crippen LogP contribution in [0.1, 0.15) is 68.1 Å². The summed E-state index contributed by atoms with van der Waals surface area (Å²) in [6, 6.07) is 5.49. The van der Waals surface area contributed by atoms with Crippen molar-refractivity contribution in [3.8, 4) is 16.9 Å². The standard InChI is InChI=1S/C31H26F10O/c1-2-3-17-4-6-18(7-5-17)19-8-9-22(24(32)12-19)20-13-27(35)29(28(36)14-20)31(40,41)42-21-15-25(33)23(26(34)16-21)10-11-30(37,38)39/h8-18H,2-7H2,1H3. The fraction of sp³-hybridized carbons (Fsp3) is 0.355. The fourth-order valence-electron chi connectivity index (χ4n) is 5.37. The molecule has 11 heteroatoms. The van der Waals surface area contributed by atoms with Crippen LogP contribution in [0.2, 0.25) is 0 Å². The van der Waals surface area contributed by atoms with Crippen molar-refractivity contribution in [2.45, 2.75) is 63.7 Å². The zero-order chi connectivity index (χ0) is 30.8. The molecule has 3 aromatic carbocycles. The van der Waals surface area contributed by atoms with Gasteiger partial charge in [-0.25, -0.2) is 22.0 Å². The molecule has 1 aliphatic rings. The summed E-state index contributed by atoms with van der Waals surface area (Å²) in [5, 5.41) is 0. The van der Waals surface area contributed by atoms with Gasteiger partial charge in [0.1, 0.15) is 40.4 Å². The Balaban J connectivity index is 1.55. The second-order valence-corrected chi connectivity index (χ2v) is 10.4. The van der Waals surface area contributed by atoms with Gasteiger partial charge in [0.05, 0.1) is 0 Å². The first-order valence-corrected chi connectivity index (χ1v) is 13.3. The number of halogens is 10. The second kappa shape index (κ2) is 12.4. The zero-order valence-corrected chi connectivity index (χ0v) is 22.3. The van der Waals surface area contributed by atoms with E-state index in [1.165, 1.54) is 12.1 Å². The van der Waals surface area contributed by atoms with Gasteiger partial charge in [0.15, 0.2) is 0 Å². The summed E-state index contributed by atoms with van der Waals surface area (Å²) in [5.41, 5.74) is -2.95. The van der Waals surface area contributed by atoms with Gasteiger partial charge in [-0.15, -0.1) is 0 Å². The SMILES string of the molecule is CCCC1CCC(c2ccc(-c3cc(F)c(C(F)(F)Oc4cc(F)c(C=CC(F)(F)F)c(F)c4)c(F)c3)c(F)c2)CC1. The molecular weight excluding hydrogens is 578 g/mol. The number of benzene rings is 3. The summed E-state index contributed by atoms with van der Waals surface area (Å²) >= 11 is 0. The van der Waals surface area contributed by atoms with Crippen molar-refractivity contribution in [1.82, 2.24) is 0 Å². The van der Waals surface area contributed by atoms with Gasteiger partial charge in [0, 0.05) is 29.3 Å². The molecule has 0 bridgehead atoms. The second-order valence-electron chi connectivity index (χ2n) is 10.4. The third-order valence-electron chi connectivity index (χ3n) is 7.39. The maximum Gasteiger partial charge on any atom is 0.432 e. The first kappa shape index (κ1) is 31.4. The van der Waals surface area contributed by atoms with E-state index in [0.29, 0.717) is 18.1 Å². The van der Waals surface area contributed by atoms with Crippen LogP contribution < -0.4 is 4.74 Å². The van der Waals surface area contributed by atoms with Crippen LogP contribution >= 0.6 is 0 Å². The Morgan fingerprint density at radius 1 is 0.762 bits per heavy atom. The van der Waals surface area contributed by atoms with Gasteiger partial charge in [-0.3, -0.25) is 0 Å². The lowest BCUT2D eigenvalue weighted by Crippen LogP contribution is -2.25. The quantitative estimate of drug-likeness (QED) is 0.233. The molecule has 42 heavy (non-hydrogen) atoms. The normalized spacial score (nSPS) is 18.1. The number of ether oxygens (including phenoxy) is 1. The summed E-state index contributed by atoms with van der Waals surface area (Å²) in [4.78, 5) is 0. The molecule has 1 fully saturated rings. The molecule has 0 unspecified atom stereocenters. The maximum atomic E-state index is 15.0. The summed E-state index contributed by atoms with van der Waals surface area (Å²) in [6.45, 7) is 2.12. The van der Waals surface area contributed by atoms with Crippen LogP contribution in [-0.4, -0.2) is 6.18 Å². The Kier molecular flexibility index (Phi) is 9.27. The first-order chi connectivity index (χ1) is 19.7. The molecule has 0 atom stereocenters. The predicted octanol–water partition coefficient (Wildman–Crippen LogP) is 10.8. The predicted molar refractivity (Wildman–Crippen MR) is 137 cm³/mol. The average molecular weight is 605 g/mol. The minimum absolute atomic E-state index is 0.0499. The number of rotatable bonds is 8. The maximum absolute atomic E-state index is 15.0. The van der Waals surface area contributed by atoms with E-state index < -0.39 is 64.3 Å². The van der Waals surface area contributed by atoms with E-state index in [0.717, 1.165) is 44.1 Å². The number of allylic oxidation sites excluding steroid dienone is 1. The zero-order valence-electron chi connectivity index (χ0n) is 22.3. The Labute approximate surface area is 235 Å². The molecule has 0 aromatic heterocycles. The molecule has 0 aliphatic heterocycles. The average Bonchev–Trinajstić information content (AvgIpc) is 2.87. The highest BCUT2D eigenvalue weighted by Crippen LogP contribution is 2.41. The van der Waals surface area contributed by atoms with Crippen LogP contribution in [-0.2, 0) is 6.11 Å². The van der Waals surface area contributed by atoms with Gasteiger partial charge in [-0.2, -0.15) is 22.0 Å². The highest BCUT2D eigenvalue weighted by Gasteiger charge is 2.41. The summed E-state index contributed by atoms with van der Waals surface area (Å²) in [7, 11) is 0. The van der Waals surface area contributed by atoms with Crippen molar-refractivity contribution in [1.29, 1.82) is 0 Å². The van der Waals surface area contributed by atoms with E-state index in [2.05, 4.69) is 11.7 Å². The van der Waals surface area contributed by atoms with Gasteiger partial charge in [0.25, 0.3) is 0 Å². The lowest BCUT2D eigenvalue weighted by Gasteiger charge is -2.28. The fourth-order valence-corrected chi connectivity index (χ4v) is 5.37. The largest absolute Gasteiger partial charge is 0.432 e. The van der Waals surface area contributed by atoms with Crippen LogP contribution in [0.5, 0.6) is 5.75 Å². The third-order valence-corrected chi connectivity index (χ3v) is 7.39. The lowest BCUT2D eigenvalue weighted by atomic mass is 9.77. The van der Waals surface area contributed by atoms with Crippen molar-refractivity contribution in [2.75, 3.05) is 0 Å². The Morgan fingerprint density at radius 3 is 1.88 bits per heavy atom. The van der Waals surface area contributed by atoms with Crippen LogP contribution in [0, 0.1) is 35.0 Å². The highest BCUT2D eigenvalue weighted by molar-refractivity contribution is 5.65. The van der Waals surface area contributed by atoms with Gasteiger partial charge in [0.2, 0.25) is 0 Å². The molecule has 0 radical (unpaired) electrons. The van der Waals surface area contributed by atoms with Crippen molar-refractivity contribution in [2.24, 2.45) is 5.92 Å². The van der Waals surface area contributed by atoms with E-state index in [1.807, 2.05) is 0 Å². The molecule has 0 amide bonds. The van der Waals surface area contributed by atoms with Crippen molar-refractivity contribution < 1.29 is 48.6 Å². The van der Waals surface area contributed by atoms with Gasteiger partial charge in [-0.1, -0.05) is 31.9 Å². The van der Waals surface area contributed by atoms with E-state index >= 15 is 4.39 Å². The number of hydrogen-bond donors (Lipinski definition) is 0. The molecule has 226 valence electrons. The molecule has 0 spiro atoms. The van der Waals surface area contributed by atoms with Gasteiger partial charge < -0.3 is 4.74 Å². The van der Waals surface area contributed by atoms with Crippen LogP contribution in [0.4, 0.5) is 43.9 Å². The third kappa shape index (κ3) is 7.28. The molecule has 1 aliphatic carbocycles. The van der Waals surface area contributed by atoms with Crippen LogP contribution in [0.25, 0.3) is 17.2 Å². The van der Waals surface area contributed by atoms with E-state index in [9.17, 15) is 39.5 Å². The Hall–Kier alpha value is -3.50. The van der Waals surface area contributed by atoms with E-state index in [1.54, 1.807) is 6.07 Å². The smallest absolute Gasteiger partial charge is 0.429 e. The number of alkyl halides is 5. The molecule has 0 heterocycles. The van der Waals surface area contributed by atoms with Gasteiger partial charge in [-0.05, 0) is 72.9 Å². The Bertz CT molecular complexity index is 1410. The Morgan fingerprint density at radius 2 is 1.36 bits per heavy atom. The molecule has 0 saturated heterocycles. The minimum atomic E-state index is -4.90. The highest BCUT2D eigenvalue weighted by atomic mass is 19.4. The first-order valence-electron chi connectivity index (χ1n) is 13.3. The van der Waals surface area contributed by atoms with Crippen molar-refractivity contribution in [3.63, 3.8) is 0 Å². The minimum Gasteiger partial charge on any atom is -0.429 e. The molecular formula is C31H26F10O. The molecule has 0 N–H and O–H groups in total. The summed E-state index contributed by atoms with van der Waals surface area (Å²) in [6.07, 6.45) is -4.08. The van der Waals surface area contributed by atoms with Crippen molar-refractivity contribution in [3.05, 3.63) is 94.3 Å². The number of hydrogen-bond acceptors (Lipinski definition) is 1. The lowest BCUT2D eigenvalue weighted by molar-refractivity contribution is -0.189. The molecule has 1 nitrogen and oxygen atoms in total. The topological polar surface area (TPSA) is 9.23 Å². The van der Waals surface area contributed by atoms with Crippen LogP contribution in [0.3, 0.4) is 0 Å². The van der Waals surface area contributed by atoms with E-state index in [4.69, 9.17) is 0 Å². The summed E-state index contributed by atoms with van der Waals surface area (Å²) in [5.74, 6) is -8.28. The van der Waals surface area contributed by atoms with Crippen molar-refractivity contribution >= 4 is 6.08 Å². The monoisotopic (exact) mass is 604 g/mol. The van der Waals surface area contributed by atoms with Crippen LogP contribution in [0.15, 0.2) is 48.5 Å². The molecule has 3 aromatic rings. The summed E-state index contributed by atoms with van der Waals surface area (Å²) < 4.78 is 144. The van der Waals surface area contributed by atoms with Gasteiger partial charge >= 0.3 is 12.3 Å². The van der Waals surface area contributed by atoms with E-state index in [-0.39, 0.29) is 35.3 Å². The molecule has 4 rings (SSSR count).